The van der Waals surface area contributed by atoms with E-state index < -0.39 is 0 Å². The molecule has 2 heterocycles. The smallest absolute Gasteiger partial charge is 0.187 e. The van der Waals surface area contributed by atoms with Crippen LogP contribution in [0, 0.1) is 6.92 Å². The SMILES string of the molecule is Cc1cc(C(C)(C)C)[n+](Cc2cc(C(C)(C)C)cnc2C(C)(C)C)cc1C(C)(C)C. The predicted octanol–water partition coefficient (Wildman–Crippen LogP) is 6.92. The summed E-state index contributed by atoms with van der Waals surface area (Å²) >= 11 is 0. The van der Waals surface area contributed by atoms with E-state index in [1.807, 2.05) is 0 Å². The van der Waals surface area contributed by atoms with Gasteiger partial charge in [-0.05, 0) is 34.9 Å². The van der Waals surface area contributed by atoms with Gasteiger partial charge in [0.25, 0.3) is 0 Å². The van der Waals surface area contributed by atoms with Gasteiger partial charge in [0.05, 0.1) is 5.69 Å². The standard InChI is InChI=1S/C28H45N2/c1-19-14-23(27(8,9)10)30(18-22(19)26(5,6)7)17-20-15-21(25(2,3)4)16-29-24(20)28(11,12)13/h14-16,18H,17H2,1-13H3/q+1. The molecule has 0 aliphatic rings. The highest BCUT2D eigenvalue weighted by atomic mass is 15.0. The van der Waals surface area contributed by atoms with Crippen LogP contribution in [0.25, 0.3) is 0 Å². The van der Waals surface area contributed by atoms with Crippen molar-refractivity contribution in [1.82, 2.24) is 4.98 Å². The van der Waals surface area contributed by atoms with E-state index in [1.54, 1.807) is 0 Å². The Morgan fingerprint density at radius 3 is 1.73 bits per heavy atom. The maximum atomic E-state index is 4.98. The van der Waals surface area contributed by atoms with E-state index in [9.17, 15) is 0 Å². The summed E-state index contributed by atoms with van der Waals surface area (Å²) in [7, 11) is 0. The Balaban J connectivity index is 2.77. The summed E-state index contributed by atoms with van der Waals surface area (Å²) in [4.78, 5) is 4.98. The minimum Gasteiger partial charge on any atom is -0.260 e. The molecule has 2 aromatic heterocycles. The van der Waals surface area contributed by atoms with Crippen molar-refractivity contribution in [3.05, 3.63) is 58.2 Å². The lowest BCUT2D eigenvalue weighted by Crippen LogP contribution is -2.45. The summed E-state index contributed by atoms with van der Waals surface area (Å²) in [6.07, 6.45) is 4.47. The van der Waals surface area contributed by atoms with E-state index in [-0.39, 0.29) is 21.7 Å². The molecule has 0 unspecified atom stereocenters. The number of nitrogens with zero attached hydrogens (tertiary/aromatic N) is 2. The lowest BCUT2D eigenvalue weighted by molar-refractivity contribution is -0.699. The molecule has 0 aliphatic carbocycles. The van der Waals surface area contributed by atoms with Crippen molar-refractivity contribution < 1.29 is 4.57 Å². The highest BCUT2D eigenvalue weighted by Crippen LogP contribution is 2.31. The maximum Gasteiger partial charge on any atom is 0.187 e. The Labute approximate surface area is 186 Å². The summed E-state index contributed by atoms with van der Waals surface area (Å²) in [6.45, 7) is 30.5. The molecule has 0 radical (unpaired) electrons. The molecule has 0 atom stereocenters. The molecule has 2 heteroatoms. The number of rotatable bonds is 2. The second-order valence-corrected chi connectivity index (χ2v) is 13.1. The van der Waals surface area contributed by atoms with Gasteiger partial charge in [-0.2, -0.15) is 4.57 Å². The fourth-order valence-electron chi connectivity index (χ4n) is 4.16. The van der Waals surface area contributed by atoms with Gasteiger partial charge in [0.1, 0.15) is 0 Å². The van der Waals surface area contributed by atoms with Gasteiger partial charge >= 0.3 is 0 Å². The molecule has 2 aromatic rings. The molecule has 30 heavy (non-hydrogen) atoms. The quantitative estimate of drug-likeness (QED) is 0.492. The van der Waals surface area contributed by atoms with Crippen LogP contribution in [-0.2, 0) is 28.2 Å². The van der Waals surface area contributed by atoms with Gasteiger partial charge < -0.3 is 0 Å². The fourth-order valence-corrected chi connectivity index (χ4v) is 4.16. The minimum atomic E-state index is 0.00571. The largest absolute Gasteiger partial charge is 0.260 e. The maximum absolute atomic E-state index is 4.98. The Kier molecular flexibility index (Phi) is 6.36. The Morgan fingerprint density at radius 2 is 1.30 bits per heavy atom. The van der Waals surface area contributed by atoms with Crippen LogP contribution in [0.15, 0.2) is 24.5 Å². The predicted molar refractivity (Wildman–Crippen MR) is 130 cm³/mol. The van der Waals surface area contributed by atoms with Crippen LogP contribution < -0.4 is 4.57 Å². The third-order valence-electron chi connectivity index (χ3n) is 5.83. The molecule has 0 saturated carbocycles. The minimum absolute atomic E-state index is 0.00571. The first-order valence-corrected chi connectivity index (χ1v) is 11.4. The number of aromatic nitrogens is 2. The van der Waals surface area contributed by atoms with Gasteiger partial charge in [-0.15, -0.1) is 0 Å². The van der Waals surface area contributed by atoms with E-state index in [0.717, 1.165) is 6.54 Å². The van der Waals surface area contributed by atoms with Crippen molar-refractivity contribution in [3.63, 3.8) is 0 Å². The third-order valence-corrected chi connectivity index (χ3v) is 5.83. The Bertz CT molecular complexity index is 908. The molecular formula is C28H45N2+. The molecule has 166 valence electrons. The molecule has 0 fully saturated rings. The van der Waals surface area contributed by atoms with Gasteiger partial charge in [-0.3, -0.25) is 4.98 Å². The zero-order chi connectivity index (χ0) is 23.3. The first-order valence-electron chi connectivity index (χ1n) is 11.4. The highest BCUT2D eigenvalue weighted by molar-refractivity contribution is 5.34. The van der Waals surface area contributed by atoms with Crippen molar-refractivity contribution in [2.45, 2.75) is 118 Å². The van der Waals surface area contributed by atoms with Crippen LogP contribution in [0.2, 0.25) is 0 Å². The van der Waals surface area contributed by atoms with E-state index in [1.165, 1.54) is 33.6 Å². The molecule has 2 rings (SSSR count). The number of hydrogen-bond donors (Lipinski definition) is 0. The van der Waals surface area contributed by atoms with E-state index in [4.69, 9.17) is 4.98 Å². The molecule has 0 amide bonds. The zero-order valence-electron chi connectivity index (χ0n) is 21.9. The molecule has 0 aromatic carbocycles. The summed E-state index contributed by atoms with van der Waals surface area (Å²) in [5.74, 6) is 0. The van der Waals surface area contributed by atoms with Crippen LogP contribution >= 0.6 is 0 Å². The van der Waals surface area contributed by atoms with Crippen molar-refractivity contribution in [2.75, 3.05) is 0 Å². The van der Waals surface area contributed by atoms with Crippen molar-refractivity contribution >= 4 is 0 Å². The molecule has 0 saturated heterocycles. The normalized spacial score (nSPS) is 13.6. The Hall–Kier alpha value is -1.70. The average Bonchev–Trinajstić information content (AvgIpc) is 2.52. The van der Waals surface area contributed by atoms with Gasteiger partial charge in [-0.1, -0.05) is 83.1 Å². The van der Waals surface area contributed by atoms with Crippen molar-refractivity contribution in [1.29, 1.82) is 0 Å². The molecule has 0 aliphatic heterocycles. The molecule has 0 bridgehead atoms. The van der Waals surface area contributed by atoms with Crippen LogP contribution in [-0.4, -0.2) is 4.98 Å². The highest BCUT2D eigenvalue weighted by Gasteiger charge is 2.31. The monoisotopic (exact) mass is 409 g/mol. The summed E-state index contributed by atoms with van der Waals surface area (Å²) in [5, 5.41) is 0. The van der Waals surface area contributed by atoms with Gasteiger partial charge in [0, 0.05) is 34.2 Å². The van der Waals surface area contributed by atoms with Gasteiger partial charge in [0.2, 0.25) is 0 Å². The van der Waals surface area contributed by atoms with Gasteiger partial charge in [0.15, 0.2) is 18.4 Å². The Morgan fingerprint density at radius 1 is 0.733 bits per heavy atom. The number of hydrogen-bond acceptors (Lipinski definition) is 1. The first kappa shape index (κ1) is 24.6. The lowest BCUT2D eigenvalue weighted by atomic mass is 9.82. The summed E-state index contributed by atoms with van der Waals surface area (Å²) < 4.78 is 2.48. The van der Waals surface area contributed by atoms with Gasteiger partial charge in [-0.25, -0.2) is 0 Å². The third kappa shape index (κ3) is 5.50. The number of aryl methyl sites for hydroxylation is 1. The first-order chi connectivity index (χ1) is 13.3. The summed E-state index contributed by atoms with van der Waals surface area (Å²) in [5.41, 5.74) is 8.24. The number of pyridine rings is 2. The van der Waals surface area contributed by atoms with Crippen LogP contribution in [0.5, 0.6) is 0 Å². The van der Waals surface area contributed by atoms with E-state index in [2.05, 4.69) is 119 Å². The van der Waals surface area contributed by atoms with Crippen LogP contribution in [0.3, 0.4) is 0 Å². The summed E-state index contributed by atoms with van der Waals surface area (Å²) in [6, 6.07) is 4.79. The lowest BCUT2D eigenvalue weighted by Gasteiger charge is -2.27. The molecule has 2 nitrogen and oxygen atoms in total. The fraction of sp³-hybridized carbons (Fsp3) is 0.643. The van der Waals surface area contributed by atoms with E-state index >= 15 is 0 Å². The molecule has 0 spiro atoms. The van der Waals surface area contributed by atoms with E-state index in [0.29, 0.717) is 0 Å². The topological polar surface area (TPSA) is 16.8 Å². The average molecular weight is 410 g/mol. The van der Waals surface area contributed by atoms with Crippen LogP contribution in [0.4, 0.5) is 0 Å². The molecular weight excluding hydrogens is 364 g/mol. The zero-order valence-corrected chi connectivity index (χ0v) is 21.9. The van der Waals surface area contributed by atoms with Crippen molar-refractivity contribution in [3.8, 4) is 0 Å². The second-order valence-electron chi connectivity index (χ2n) is 13.1. The van der Waals surface area contributed by atoms with Crippen molar-refractivity contribution in [2.24, 2.45) is 0 Å². The molecule has 0 N–H and O–H groups in total. The second kappa shape index (κ2) is 7.77. The van der Waals surface area contributed by atoms with Crippen LogP contribution in [0.1, 0.15) is 117 Å².